The predicted octanol–water partition coefficient (Wildman–Crippen LogP) is 3.73. The van der Waals surface area contributed by atoms with Gasteiger partial charge in [0, 0.05) is 13.6 Å². The van der Waals surface area contributed by atoms with Gasteiger partial charge in [0.25, 0.3) is 0 Å². The summed E-state index contributed by atoms with van der Waals surface area (Å²) in [6, 6.07) is 5.35. The molecule has 116 valence electrons. The molecule has 1 unspecified atom stereocenters. The molecule has 1 N–H and O–H groups in total. The first-order chi connectivity index (χ1) is 9.81. The zero-order chi connectivity index (χ0) is 15.6. The minimum atomic E-state index is -0.126. The van der Waals surface area contributed by atoms with Crippen LogP contribution >= 0.6 is 23.2 Å². The maximum absolute atomic E-state index is 12.7. The van der Waals surface area contributed by atoms with Crippen molar-refractivity contribution in [3.05, 3.63) is 33.8 Å². The topological polar surface area (TPSA) is 32.3 Å². The van der Waals surface area contributed by atoms with Crippen molar-refractivity contribution in [2.45, 2.75) is 39.3 Å². The molecule has 0 aliphatic carbocycles. The van der Waals surface area contributed by atoms with Gasteiger partial charge in [-0.3, -0.25) is 4.79 Å². The Labute approximate surface area is 136 Å². The van der Waals surface area contributed by atoms with Crippen molar-refractivity contribution in [1.82, 2.24) is 10.2 Å². The highest BCUT2D eigenvalue weighted by atomic mass is 35.5. The second-order valence-corrected chi connectivity index (χ2v) is 7.24. The molecule has 1 saturated heterocycles. The second-order valence-electron chi connectivity index (χ2n) is 6.42. The number of benzene rings is 1. The SMILES string of the molecule is CN(Cc1ccc(Cl)c(Cl)c1)C(=O)C1NCCCC1(C)C. The molecular weight excluding hydrogens is 307 g/mol. The molecule has 3 nitrogen and oxygen atoms in total. The van der Waals surface area contributed by atoms with Crippen molar-refractivity contribution in [2.24, 2.45) is 5.41 Å². The third kappa shape index (κ3) is 3.91. The molecule has 0 radical (unpaired) electrons. The van der Waals surface area contributed by atoms with Crippen molar-refractivity contribution in [2.75, 3.05) is 13.6 Å². The molecule has 0 saturated carbocycles. The molecule has 1 fully saturated rings. The van der Waals surface area contributed by atoms with E-state index in [2.05, 4.69) is 19.2 Å². The zero-order valence-corrected chi connectivity index (χ0v) is 14.3. The van der Waals surface area contributed by atoms with Gasteiger partial charge in [-0.15, -0.1) is 0 Å². The van der Waals surface area contributed by atoms with E-state index >= 15 is 0 Å². The number of carbonyl (C=O) groups excluding carboxylic acids is 1. The van der Waals surface area contributed by atoms with Crippen LogP contribution in [-0.2, 0) is 11.3 Å². The number of amides is 1. The summed E-state index contributed by atoms with van der Waals surface area (Å²) in [6.07, 6.45) is 2.18. The minimum absolute atomic E-state index is 0.0127. The number of nitrogens with zero attached hydrogens (tertiary/aromatic N) is 1. The quantitative estimate of drug-likeness (QED) is 0.916. The van der Waals surface area contributed by atoms with Crippen LogP contribution in [0.1, 0.15) is 32.3 Å². The van der Waals surface area contributed by atoms with E-state index < -0.39 is 0 Å². The molecule has 1 aliphatic rings. The van der Waals surface area contributed by atoms with E-state index in [0.717, 1.165) is 24.9 Å². The van der Waals surface area contributed by atoms with E-state index in [1.54, 1.807) is 11.0 Å². The summed E-state index contributed by atoms with van der Waals surface area (Å²) < 4.78 is 0. The fourth-order valence-electron chi connectivity index (χ4n) is 2.84. The number of hydrogen-bond acceptors (Lipinski definition) is 2. The van der Waals surface area contributed by atoms with E-state index in [0.29, 0.717) is 16.6 Å². The molecule has 0 aromatic heterocycles. The molecule has 1 amide bonds. The van der Waals surface area contributed by atoms with Gasteiger partial charge in [-0.2, -0.15) is 0 Å². The molecule has 5 heteroatoms. The van der Waals surface area contributed by atoms with Crippen LogP contribution in [0.5, 0.6) is 0 Å². The summed E-state index contributed by atoms with van der Waals surface area (Å²) in [7, 11) is 1.83. The summed E-state index contributed by atoms with van der Waals surface area (Å²) in [4.78, 5) is 14.4. The summed E-state index contributed by atoms with van der Waals surface area (Å²) in [5.74, 6) is 0.130. The van der Waals surface area contributed by atoms with Gasteiger partial charge < -0.3 is 10.2 Å². The monoisotopic (exact) mass is 328 g/mol. The van der Waals surface area contributed by atoms with Crippen LogP contribution in [0, 0.1) is 5.41 Å². The van der Waals surface area contributed by atoms with E-state index in [1.165, 1.54) is 0 Å². The van der Waals surface area contributed by atoms with Gasteiger partial charge in [0.2, 0.25) is 5.91 Å². The average Bonchev–Trinajstić information content (AvgIpc) is 2.41. The van der Waals surface area contributed by atoms with E-state index in [9.17, 15) is 4.79 Å². The molecule has 1 heterocycles. The standard InChI is InChI=1S/C16H22Cl2N2O/c1-16(2)7-4-8-19-14(16)15(21)20(3)10-11-5-6-12(17)13(18)9-11/h5-6,9,14,19H,4,7-8,10H2,1-3H3. The van der Waals surface area contributed by atoms with Gasteiger partial charge in [0.15, 0.2) is 0 Å². The van der Waals surface area contributed by atoms with Crippen LogP contribution in [-0.4, -0.2) is 30.4 Å². The number of piperidine rings is 1. The van der Waals surface area contributed by atoms with Gasteiger partial charge in [-0.05, 0) is 42.5 Å². The number of halogens is 2. The maximum atomic E-state index is 12.7. The Morgan fingerprint density at radius 1 is 1.38 bits per heavy atom. The van der Waals surface area contributed by atoms with Crippen molar-refractivity contribution >= 4 is 29.1 Å². The molecule has 0 spiro atoms. The smallest absolute Gasteiger partial charge is 0.240 e. The van der Waals surface area contributed by atoms with Crippen LogP contribution in [0.4, 0.5) is 0 Å². The number of nitrogens with one attached hydrogen (secondary N) is 1. The van der Waals surface area contributed by atoms with Crippen molar-refractivity contribution in [3.8, 4) is 0 Å². The van der Waals surface area contributed by atoms with Crippen LogP contribution in [0.3, 0.4) is 0 Å². The molecule has 0 bridgehead atoms. The highest BCUT2D eigenvalue weighted by Gasteiger charge is 2.38. The Kier molecular flexibility index (Phi) is 5.18. The van der Waals surface area contributed by atoms with Crippen molar-refractivity contribution < 1.29 is 4.79 Å². The fourth-order valence-corrected chi connectivity index (χ4v) is 3.16. The second kappa shape index (κ2) is 6.55. The lowest BCUT2D eigenvalue weighted by Crippen LogP contribution is -2.55. The average molecular weight is 329 g/mol. The predicted molar refractivity (Wildman–Crippen MR) is 87.7 cm³/mol. The zero-order valence-electron chi connectivity index (χ0n) is 12.7. The summed E-state index contributed by atoms with van der Waals surface area (Å²) in [5.41, 5.74) is 0.968. The minimum Gasteiger partial charge on any atom is -0.340 e. The molecule has 1 aromatic carbocycles. The summed E-state index contributed by atoms with van der Waals surface area (Å²) >= 11 is 11.9. The maximum Gasteiger partial charge on any atom is 0.240 e. The number of carbonyl (C=O) groups is 1. The molecule has 21 heavy (non-hydrogen) atoms. The van der Waals surface area contributed by atoms with E-state index in [-0.39, 0.29) is 17.4 Å². The molecule has 2 rings (SSSR count). The third-order valence-electron chi connectivity index (χ3n) is 4.15. The van der Waals surface area contributed by atoms with Crippen molar-refractivity contribution in [3.63, 3.8) is 0 Å². The van der Waals surface area contributed by atoms with Crippen molar-refractivity contribution in [1.29, 1.82) is 0 Å². The summed E-state index contributed by atoms with van der Waals surface area (Å²) in [5, 5.41) is 4.41. The van der Waals surface area contributed by atoms with Gasteiger partial charge in [-0.1, -0.05) is 43.1 Å². The van der Waals surface area contributed by atoms with E-state index in [1.807, 2.05) is 19.2 Å². The molecule has 1 atom stereocenters. The number of rotatable bonds is 3. The first kappa shape index (κ1) is 16.6. The Morgan fingerprint density at radius 3 is 2.71 bits per heavy atom. The Morgan fingerprint density at radius 2 is 2.10 bits per heavy atom. The van der Waals surface area contributed by atoms with Crippen LogP contribution in [0.15, 0.2) is 18.2 Å². The van der Waals surface area contributed by atoms with Gasteiger partial charge >= 0.3 is 0 Å². The molecule has 1 aromatic rings. The normalized spacial score (nSPS) is 21.1. The van der Waals surface area contributed by atoms with E-state index in [4.69, 9.17) is 23.2 Å². The Bertz CT molecular complexity index is 531. The Balaban J connectivity index is 2.06. The van der Waals surface area contributed by atoms with Gasteiger partial charge in [0.05, 0.1) is 16.1 Å². The third-order valence-corrected chi connectivity index (χ3v) is 4.89. The lowest BCUT2D eigenvalue weighted by Gasteiger charge is -2.40. The van der Waals surface area contributed by atoms with Crippen LogP contribution < -0.4 is 5.32 Å². The fraction of sp³-hybridized carbons (Fsp3) is 0.562. The summed E-state index contributed by atoms with van der Waals surface area (Å²) in [6.45, 7) is 5.73. The largest absolute Gasteiger partial charge is 0.340 e. The Hall–Kier alpha value is -0.770. The lowest BCUT2D eigenvalue weighted by molar-refractivity contribution is -0.136. The number of likely N-dealkylation sites (N-methyl/N-ethyl adjacent to an activating group) is 1. The van der Waals surface area contributed by atoms with Crippen LogP contribution in [0.25, 0.3) is 0 Å². The first-order valence-electron chi connectivity index (χ1n) is 7.23. The first-order valence-corrected chi connectivity index (χ1v) is 7.99. The van der Waals surface area contributed by atoms with Crippen LogP contribution in [0.2, 0.25) is 10.0 Å². The molecular formula is C16H22Cl2N2O. The highest BCUT2D eigenvalue weighted by Crippen LogP contribution is 2.31. The highest BCUT2D eigenvalue weighted by molar-refractivity contribution is 6.42. The lowest BCUT2D eigenvalue weighted by atomic mass is 9.77. The number of hydrogen-bond donors (Lipinski definition) is 1. The van der Waals surface area contributed by atoms with Gasteiger partial charge in [0.1, 0.15) is 0 Å². The van der Waals surface area contributed by atoms with Gasteiger partial charge in [-0.25, -0.2) is 0 Å². The molecule has 1 aliphatic heterocycles.